The second kappa shape index (κ2) is 8.30. The molecule has 8 heteroatoms. The van der Waals surface area contributed by atoms with Crippen LogP contribution in [-0.2, 0) is 18.7 Å². The Bertz CT molecular complexity index is 981. The van der Waals surface area contributed by atoms with Crippen molar-refractivity contribution < 1.29 is 13.9 Å². The van der Waals surface area contributed by atoms with Crippen LogP contribution in [0.4, 0.5) is 8.78 Å². The average Bonchev–Trinajstić information content (AvgIpc) is 3.40. The van der Waals surface area contributed by atoms with Gasteiger partial charge in [-0.15, -0.1) is 0 Å². The highest BCUT2D eigenvalue weighted by Crippen LogP contribution is 2.35. The van der Waals surface area contributed by atoms with Crippen molar-refractivity contribution in [2.45, 2.75) is 37.6 Å². The number of hydrogen-bond acceptors (Lipinski definition) is 4. The molecule has 0 saturated heterocycles. The van der Waals surface area contributed by atoms with Crippen LogP contribution in [0.15, 0.2) is 59.6 Å². The normalized spacial score (nSPS) is 16.2. The first-order valence-electron chi connectivity index (χ1n) is 9.42. The van der Waals surface area contributed by atoms with Crippen LogP contribution in [0.3, 0.4) is 0 Å². The van der Waals surface area contributed by atoms with Gasteiger partial charge in [0, 0.05) is 35.2 Å². The molecular weight excluding hydrogens is 442 g/mol. The van der Waals surface area contributed by atoms with Crippen molar-refractivity contribution in [3.63, 3.8) is 0 Å². The zero-order valence-corrected chi connectivity index (χ0v) is 17.3. The molecule has 1 aliphatic carbocycles. The monoisotopic (exact) mass is 462 g/mol. The molecule has 1 aliphatic rings. The summed E-state index contributed by atoms with van der Waals surface area (Å²) < 4.78 is 30.6. The maximum absolute atomic E-state index is 14.7. The van der Waals surface area contributed by atoms with E-state index >= 15 is 0 Å². The molecule has 5 nitrogen and oxygen atoms in total. The molecule has 1 N–H and O–H groups in total. The molecule has 0 bridgehead atoms. The van der Waals surface area contributed by atoms with E-state index < -0.39 is 17.2 Å². The van der Waals surface area contributed by atoms with Gasteiger partial charge in [0.25, 0.3) is 0 Å². The number of halogens is 3. The summed E-state index contributed by atoms with van der Waals surface area (Å²) in [5.74, 6) is -1.45. The fourth-order valence-electron chi connectivity index (χ4n) is 3.60. The van der Waals surface area contributed by atoms with Crippen molar-refractivity contribution in [1.29, 1.82) is 0 Å². The second-order valence-corrected chi connectivity index (χ2v) is 8.33. The number of benzene rings is 2. The van der Waals surface area contributed by atoms with Crippen LogP contribution in [0.25, 0.3) is 0 Å². The third-order valence-corrected chi connectivity index (χ3v) is 5.96. The van der Waals surface area contributed by atoms with E-state index in [1.807, 2.05) is 24.3 Å². The van der Waals surface area contributed by atoms with Crippen LogP contribution in [0.2, 0.25) is 0 Å². The molecular formula is C21H21BrF2N4O. The third-order valence-electron chi connectivity index (χ3n) is 5.18. The zero-order chi connectivity index (χ0) is 20.4. The summed E-state index contributed by atoms with van der Waals surface area (Å²) in [5.41, 5.74) is -0.468. The van der Waals surface area contributed by atoms with E-state index in [0.717, 1.165) is 28.9 Å². The second-order valence-electron chi connectivity index (χ2n) is 7.48. The summed E-state index contributed by atoms with van der Waals surface area (Å²) in [6.07, 6.45) is 4.88. The van der Waals surface area contributed by atoms with Crippen LogP contribution in [0.1, 0.15) is 24.0 Å². The molecule has 2 aromatic carbocycles. The van der Waals surface area contributed by atoms with Crippen LogP contribution >= 0.6 is 15.9 Å². The van der Waals surface area contributed by atoms with Crippen molar-refractivity contribution in [3.8, 4) is 0 Å². The maximum atomic E-state index is 14.7. The van der Waals surface area contributed by atoms with Crippen molar-refractivity contribution in [1.82, 2.24) is 19.7 Å². The lowest BCUT2D eigenvalue weighted by molar-refractivity contribution is -0.0260. The van der Waals surface area contributed by atoms with Crippen molar-refractivity contribution in [2.24, 2.45) is 0 Å². The van der Waals surface area contributed by atoms with E-state index in [9.17, 15) is 13.9 Å². The molecule has 3 aromatic rings. The Balaban J connectivity index is 1.67. The van der Waals surface area contributed by atoms with Gasteiger partial charge in [0.1, 0.15) is 29.9 Å². The minimum Gasteiger partial charge on any atom is -0.382 e. The summed E-state index contributed by atoms with van der Waals surface area (Å²) in [5, 5.41) is 15.7. The summed E-state index contributed by atoms with van der Waals surface area (Å²) in [6.45, 7) is 0.796. The lowest BCUT2D eigenvalue weighted by atomic mass is 9.92. The Morgan fingerprint density at radius 1 is 1.21 bits per heavy atom. The van der Waals surface area contributed by atoms with Gasteiger partial charge in [-0.1, -0.05) is 40.2 Å². The van der Waals surface area contributed by atoms with Crippen LogP contribution in [0, 0.1) is 11.6 Å². The smallest absolute Gasteiger partial charge is 0.137 e. The highest BCUT2D eigenvalue weighted by Gasteiger charge is 2.40. The molecule has 0 aliphatic heterocycles. The summed E-state index contributed by atoms with van der Waals surface area (Å²) in [6, 6.07) is 11.5. The molecule has 1 unspecified atom stereocenters. The van der Waals surface area contributed by atoms with Crippen LogP contribution < -0.4 is 0 Å². The van der Waals surface area contributed by atoms with Crippen molar-refractivity contribution in [3.05, 3.63) is 82.4 Å². The molecule has 1 atom stereocenters. The van der Waals surface area contributed by atoms with Gasteiger partial charge in [0.2, 0.25) is 0 Å². The van der Waals surface area contributed by atoms with E-state index in [2.05, 4.69) is 30.9 Å². The van der Waals surface area contributed by atoms with E-state index in [1.165, 1.54) is 29.5 Å². The number of aliphatic hydroxyl groups is 1. The Hall–Kier alpha value is -2.16. The molecule has 0 amide bonds. The predicted molar refractivity (Wildman–Crippen MR) is 108 cm³/mol. The molecule has 4 rings (SSSR count). The Morgan fingerprint density at radius 2 is 2.00 bits per heavy atom. The van der Waals surface area contributed by atoms with Gasteiger partial charge < -0.3 is 5.11 Å². The van der Waals surface area contributed by atoms with Gasteiger partial charge >= 0.3 is 0 Å². The maximum Gasteiger partial charge on any atom is 0.137 e. The van der Waals surface area contributed by atoms with Gasteiger partial charge in [-0.05, 0) is 30.5 Å². The van der Waals surface area contributed by atoms with E-state index in [-0.39, 0.29) is 18.7 Å². The van der Waals surface area contributed by atoms with Gasteiger partial charge in [-0.3, -0.25) is 4.90 Å². The number of aromatic nitrogens is 3. The molecule has 0 radical (unpaired) electrons. The highest BCUT2D eigenvalue weighted by atomic mass is 79.9. The van der Waals surface area contributed by atoms with Crippen LogP contribution in [0.5, 0.6) is 0 Å². The quantitative estimate of drug-likeness (QED) is 0.551. The Morgan fingerprint density at radius 3 is 2.66 bits per heavy atom. The minimum absolute atomic E-state index is 0.00866. The number of nitrogens with zero attached hydrogens (tertiary/aromatic N) is 4. The average molecular weight is 463 g/mol. The first-order chi connectivity index (χ1) is 13.9. The molecule has 29 heavy (non-hydrogen) atoms. The third kappa shape index (κ3) is 4.71. The number of hydrogen-bond donors (Lipinski definition) is 1. The fourth-order valence-corrected chi connectivity index (χ4v) is 4.01. The molecule has 152 valence electrons. The Labute approximate surface area is 176 Å². The van der Waals surface area contributed by atoms with E-state index in [0.29, 0.717) is 12.6 Å². The predicted octanol–water partition coefficient (Wildman–Crippen LogP) is 3.87. The van der Waals surface area contributed by atoms with Gasteiger partial charge in [-0.25, -0.2) is 18.4 Å². The highest BCUT2D eigenvalue weighted by molar-refractivity contribution is 9.10. The molecule has 1 fully saturated rings. The summed E-state index contributed by atoms with van der Waals surface area (Å²) >= 11 is 3.57. The Kier molecular flexibility index (Phi) is 5.76. The molecule has 1 aromatic heterocycles. The van der Waals surface area contributed by atoms with Gasteiger partial charge in [0.15, 0.2) is 0 Å². The summed E-state index contributed by atoms with van der Waals surface area (Å²) in [4.78, 5) is 6.06. The lowest BCUT2D eigenvalue weighted by Gasteiger charge is -2.35. The first-order valence-corrected chi connectivity index (χ1v) is 10.2. The lowest BCUT2D eigenvalue weighted by Crippen LogP contribution is -2.45. The number of rotatable bonds is 8. The van der Waals surface area contributed by atoms with Crippen LogP contribution in [-0.4, -0.2) is 37.4 Å². The summed E-state index contributed by atoms with van der Waals surface area (Å²) in [7, 11) is 0. The van der Waals surface area contributed by atoms with Crippen molar-refractivity contribution in [2.75, 3.05) is 6.54 Å². The van der Waals surface area contributed by atoms with Crippen molar-refractivity contribution >= 4 is 15.9 Å². The largest absolute Gasteiger partial charge is 0.382 e. The van der Waals surface area contributed by atoms with E-state index in [4.69, 9.17) is 0 Å². The minimum atomic E-state index is -1.60. The molecule has 1 heterocycles. The van der Waals surface area contributed by atoms with E-state index in [1.54, 1.807) is 0 Å². The van der Waals surface area contributed by atoms with Gasteiger partial charge in [-0.2, -0.15) is 5.10 Å². The zero-order valence-electron chi connectivity index (χ0n) is 15.7. The van der Waals surface area contributed by atoms with Gasteiger partial charge in [0.05, 0.1) is 6.54 Å². The fraction of sp³-hybridized carbons (Fsp3) is 0.333. The topological polar surface area (TPSA) is 54.2 Å². The molecule has 1 saturated carbocycles. The first kappa shape index (κ1) is 20.1. The standard InChI is InChI=1S/C21H21BrF2N4O/c22-19-4-2-1-3-15(19)10-27(17-6-7-17)11-21(29,12-28-14-25-13-26-28)18-8-5-16(23)9-20(18)24/h1-5,8-9,13-14,17,29H,6-7,10-12H2. The SMILES string of the molecule is OC(CN(Cc1ccccc1Br)C1CC1)(Cn1cncn1)c1ccc(F)cc1F. The molecule has 0 spiro atoms.